The van der Waals surface area contributed by atoms with Gasteiger partial charge in [-0.2, -0.15) is 0 Å². The Bertz CT molecular complexity index is 303. The summed E-state index contributed by atoms with van der Waals surface area (Å²) in [5.74, 6) is 4.96. The Kier molecular flexibility index (Phi) is 3.09. The van der Waals surface area contributed by atoms with Crippen molar-refractivity contribution in [3.8, 4) is 0 Å². The van der Waals surface area contributed by atoms with Crippen LogP contribution in [0.2, 0.25) is 0 Å². The van der Waals surface area contributed by atoms with Gasteiger partial charge in [0.1, 0.15) is 0 Å². The molecule has 18 heavy (non-hydrogen) atoms. The average Bonchev–Trinajstić information content (AvgIpc) is 2.27. The van der Waals surface area contributed by atoms with Crippen LogP contribution in [0.1, 0.15) is 52.4 Å². The van der Waals surface area contributed by atoms with E-state index in [2.05, 4.69) is 20.4 Å². The molecule has 4 bridgehead atoms. The topological polar surface area (TPSA) is 26.0 Å². The highest BCUT2D eigenvalue weighted by molar-refractivity contribution is 5.05. The lowest BCUT2D eigenvalue weighted by Crippen LogP contribution is -2.55. The fraction of sp³-hybridized carbons (Fsp3) is 0.882. The van der Waals surface area contributed by atoms with Crippen molar-refractivity contribution in [2.75, 3.05) is 0 Å². The van der Waals surface area contributed by atoms with E-state index in [9.17, 15) is 0 Å². The van der Waals surface area contributed by atoms with Crippen LogP contribution in [0, 0.1) is 35.0 Å². The zero-order valence-corrected chi connectivity index (χ0v) is 12.1. The zero-order valence-electron chi connectivity index (χ0n) is 12.1. The number of nitrogens with two attached hydrogens (primary N) is 1. The molecule has 0 aromatic heterocycles. The van der Waals surface area contributed by atoms with Gasteiger partial charge in [0.2, 0.25) is 0 Å². The third kappa shape index (κ3) is 1.86. The monoisotopic (exact) mass is 247 g/mol. The number of hydrogen-bond acceptors (Lipinski definition) is 1. The van der Waals surface area contributed by atoms with Crippen molar-refractivity contribution >= 4 is 0 Å². The van der Waals surface area contributed by atoms with Crippen LogP contribution in [0.5, 0.6) is 0 Å². The third-order valence-electron chi connectivity index (χ3n) is 6.46. The van der Waals surface area contributed by atoms with Crippen molar-refractivity contribution in [1.82, 2.24) is 0 Å². The minimum absolute atomic E-state index is 0.288. The van der Waals surface area contributed by atoms with Gasteiger partial charge in [-0.25, -0.2) is 0 Å². The highest BCUT2D eigenvalue weighted by atomic mass is 14.7. The molecular weight excluding hydrogens is 218 g/mol. The van der Waals surface area contributed by atoms with Gasteiger partial charge >= 0.3 is 0 Å². The van der Waals surface area contributed by atoms with Crippen molar-refractivity contribution in [2.24, 2.45) is 40.7 Å². The van der Waals surface area contributed by atoms with Gasteiger partial charge in [0.05, 0.1) is 0 Å². The summed E-state index contributed by atoms with van der Waals surface area (Å²) in [6.45, 7) is 8.72. The van der Waals surface area contributed by atoms with Crippen molar-refractivity contribution in [3.05, 3.63) is 12.7 Å². The lowest BCUT2D eigenvalue weighted by Gasteiger charge is -2.59. The Balaban J connectivity index is 1.81. The first-order valence-corrected chi connectivity index (χ1v) is 7.88. The highest BCUT2D eigenvalue weighted by Gasteiger charge is 2.53. The molecule has 0 heterocycles. The van der Waals surface area contributed by atoms with Gasteiger partial charge in [-0.3, -0.25) is 0 Å². The fourth-order valence-corrected chi connectivity index (χ4v) is 5.87. The molecule has 2 N–H and O–H groups in total. The van der Waals surface area contributed by atoms with Crippen LogP contribution in [0.25, 0.3) is 0 Å². The summed E-state index contributed by atoms with van der Waals surface area (Å²) in [6.07, 6.45) is 10.5. The molecule has 4 aliphatic rings. The first-order valence-electron chi connectivity index (χ1n) is 7.88. The van der Waals surface area contributed by atoms with Gasteiger partial charge in [0.25, 0.3) is 0 Å². The molecule has 102 valence electrons. The van der Waals surface area contributed by atoms with Crippen LogP contribution in [0.15, 0.2) is 12.7 Å². The van der Waals surface area contributed by atoms with Gasteiger partial charge in [-0.15, -0.1) is 6.58 Å². The summed E-state index contributed by atoms with van der Waals surface area (Å²) in [6, 6.07) is 0.289. The summed E-state index contributed by atoms with van der Waals surface area (Å²) in [7, 11) is 0. The second-order valence-corrected chi connectivity index (χ2v) is 7.91. The van der Waals surface area contributed by atoms with Crippen LogP contribution in [0.4, 0.5) is 0 Å². The first kappa shape index (κ1) is 12.7. The number of rotatable bonds is 4. The summed E-state index contributed by atoms with van der Waals surface area (Å²) >= 11 is 0. The Morgan fingerprint density at radius 1 is 1.11 bits per heavy atom. The normalized spacial score (nSPS) is 44.1. The van der Waals surface area contributed by atoms with Crippen LogP contribution >= 0.6 is 0 Å². The quantitative estimate of drug-likeness (QED) is 0.747. The van der Waals surface area contributed by atoms with E-state index >= 15 is 0 Å². The van der Waals surface area contributed by atoms with Crippen molar-refractivity contribution in [1.29, 1.82) is 0 Å². The minimum atomic E-state index is 0.288. The van der Waals surface area contributed by atoms with E-state index in [1.807, 2.05) is 6.08 Å². The van der Waals surface area contributed by atoms with E-state index in [0.29, 0.717) is 0 Å². The Morgan fingerprint density at radius 3 is 2.06 bits per heavy atom. The number of hydrogen-bond donors (Lipinski definition) is 1. The minimum Gasteiger partial charge on any atom is -0.327 e. The molecule has 0 amide bonds. The van der Waals surface area contributed by atoms with Gasteiger partial charge in [-0.1, -0.05) is 19.9 Å². The molecule has 1 unspecified atom stereocenters. The van der Waals surface area contributed by atoms with Crippen LogP contribution in [-0.2, 0) is 0 Å². The molecule has 4 rings (SSSR count). The van der Waals surface area contributed by atoms with Crippen molar-refractivity contribution < 1.29 is 0 Å². The molecule has 1 nitrogen and oxygen atoms in total. The van der Waals surface area contributed by atoms with E-state index in [4.69, 9.17) is 5.73 Å². The standard InChI is InChI=1S/C17H29N/c1-4-5-15(18)17(2,3)16-13-7-11-6-12(9-13)10-14(16)8-11/h4,11-16H,1,5-10,18H2,2-3H3. The van der Waals surface area contributed by atoms with E-state index in [0.717, 1.165) is 36.0 Å². The largest absolute Gasteiger partial charge is 0.327 e. The van der Waals surface area contributed by atoms with Gasteiger partial charge in [0.15, 0.2) is 0 Å². The summed E-state index contributed by atoms with van der Waals surface area (Å²) in [5, 5.41) is 0. The maximum Gasteiger partial charge on any atom is 0.0128 e. The first-order chi connectivity index (χ1) is 8.52. The van der Waals surface area contributed by atoms with Crippen LogP contribution in [0.3, 0.4) is 0 Å². The second-order valence-electron chi connectivity index (χ2n) is 7.91. The Morgan fingerprint density at radius 2 is 1.61 bits per heavy atom. The summed E-state index contributed by atoms with van der Waals surface area (Å²) < 4.78 is 0. The summed E-state index contributed by atoms with van der Waals surface area (Å²) in [5.41, 5.74) is 6.76. The molecule has 0 aliphatic heterocycles. The Hall–Kier alpha value is -0.300. The maximum atomic E-state index is 6.47. The van der Waals surface area contributed by atoms with E-state index in [1.54, 1.807) is 6.42 Å². The molecule has 4 fully saturated rings. The molecule has 1 heteroatoms. The molecule has 1 atom stereocenters. The maximum absolute atomic E-state index is 6.47. The fourth-order valence-electron chi connectivity index (χ4n) is 5.87. The smallest absolute Gasteiger partial charge is 0.0128 e. The predicted octanol–water partition coefficient (Wildman–Crippen LogP) is 3.99. The molecule has 0 radical (unpaired) electrons. The van der Waals surface area contributed by atoms with E-state index in [1.165, 1.54) is 25.7 Å². The lowest BCUT2D eigenvalue weighted by atomic mass is 9.46. The second kappa shape index (κ2) is 4.37. The highest BCUT2D eigenvalue weighted by Crippen LogP contribution is 2.61. The molecule has 0 spiro atoms. The molecule has 0 saturated heterocycles. The van der Waals surface area contributed by atoms with Gasteiger partial charge < -0.3 is 5.73 Å². The third-order valence-corrected chi connectivity index (χ3v) is 6.46. The zero-order chi connectivity index (χ0) is 12.9. The molecule has 0 aromatic rings. The lowest BCUT2D eigenvalue weighted by molar-refractivity contribution is -0.0930. The van der Waals surface area contributed by atoms with Crippen LogP contribution < -0.4 is 5.73 Å². The van der Waals surface area contributed by atoms with Gasteiger partial charge in [-0.05, 0) is 73.5 Å². The summed E-state index contributed by atoms with van der Waals surface area (Å²) in [4.78, 5) is 0. The Labute approximate surface area is 112 Å². The molecule has 0 aromatic carbocycles. The molecule has 4 saturated carbocycles. The van der Waals surface area contributed by atoms with E-state index < -0.39 is 0 Å². The predicted molar refractivity (Wildman–Crippen MR) is 77.1 cm³/mol. The van der Waals surface area contributed by atoms with Crippen molar-refractivity contribution in [3.63, 3.8) is 0 Å². The van der Waals surface area contributed by atoms with E-state index in [-0.39, 0.29) is 11.5 Å². The van der Waals surface area contributed by atoms with Crippen molar-refractivity contribution in [2.45, 2.75) is 58.4 Å². The molecular formula is C17H29N. The molecule has 4 aliphatic carbocycles. The van der Waals surface area contributed by atoms with Gasteiger partial charge in [0, 0.05) is 6.04 Å². The average molecular weight is 247 g/mol. The SMILES string of the molecule is C=CCC(N)C(C)(C)C1C2CC3CC(C2)CC1C3. The van der Waals surface area contributed by atoms with Crippen LogP contribution in [-0.4, -0.2) is 6.04 Å².